The van der Waals surface area contributed by atoms with Crippen LogP contribution < -0.4 is 5.43 Å². The van der Waals surface area contributed by atoms with E-state index in [0.29, 0.717) is 12.2 Å². The van der Waals surface area contributed by atoms with Crippen molar-refractivity contribution < 1.29 is 8.91 Å². The normalized spacial score (nSPS) is 12.2. The van der Waals surface area contributed by atoms with Gasteiger partial charge in [0.25, 0.3) is 0 Å². The van der Waals surface area contributed by atoms with Crippen molar-refractivity contribution in [1.29, 1.82) is 0 Å². The van der Waals surface area contributed by atoms with Crippen molar-refractivity contribution in [2.75, 3.05) is 7.05 Å². The summed E-state index contributed by atoms with van der Waals surface area (Å²) in [5.41, 5.74) is 4.40. The minimum absolute atomic E-state index is 0. The van der Waals surface area contributed by atoms with E-state index in [-0.39, 0.29) is 19.5 Å². The van der Waals surface area contributed by atoms with E-state index in [1.165, 1.54) is 9.98 Å². The zero-order valence-corrected chi connectivity index (χ0v) is 11.8. The van der Waals surface area contributed by atoms with Gasteiger partial charge in [0.1, 0.15) is 12.2 Å². The zero-order valence-electron chi connectivity index (χ0n) is 10.0. The van der Waals surface area contributed by atoms with Crippen LogP contribution in [0.2, 0.25) is 0 Å². The molecule has 1 unspecified atom stereocenters. The van der Waals surface area contributed by atoms with Crippen LogP contribution in [0.25, 0.3) is 0 Å². The molecule has 0 aromatic heterocycles. The lowest BCUT2D eigenvalue weighted by molar-refractivity contribution is 0.0144. The molecule has 3 nitrogen and oxygen atoms in total. The van der Waals surface area contributed by atoms with Crippen LogP contribution in [0, 0.1) is 0 Å². The lowest BCUT2D eigenvalue weighted by Crippen LogP contribution is -2.36. The largest absolute Gasteiger partial charge is 0.241 e. The van der Waals surface area contributed by atoms with Gasteiger partial charge in [-0.15, -0.1) is 4.39 Å². The molecule has 98 valence electrons. The van der Waals surface area contributed by atoms with Gasteiger partial charge in [-0.05, 0) is 29.9 Å². The molecule has 17 heavy (non-hydrogen) atoms. The van der Waals surface area contributed by atoms with E-state index in [9.17, 15) is 4.53 Å². The predicted molar refractivity (Wildman–Crippen MR) is 75.3 cm³/mol. The third-order valence-corrected chi connectivity index (χ3v) is 2.64. The van der Waals surface area contributed by atoms with E-state index in [1.54, 1.807) is 7.05 Å². The first-order valence-corrected chi connectivity index (χ1v) is 5.91. The van der Waals surface area contributed by atoms with Gasteiger partial charge in [-0.1, -0.05) is 30.3 Å². The van der Waals surface area contributed by atoms with Crippen molar-refractivity contribution in [3.05, 3.63) is 35.9 Å². The van der Waals surface area contributed by atoms with Crippen molar-refractivity contribution >= 4 is 25.7 Å². The van der Waals surface area contributed by atoms with Gasteiger partial charge in [0, 0.05) is 13.1 Å². The molecule has 1 aromatic rings. The average Bonchev–Trinajstić information content (AvgIpc) is 2.28. The highest BCUT2D eigenvalue weighted by Gasteiger charge is 2.06. The Hall–Kier alpha value is -0.270. The number of halogens is 1. The molecule has 0 fully saturated rings. The lowest BCUT2D eigenvalue weighted by atomic mass is 10.1. The van der Waals surface area contributed by atoms with Crippen LogP contribution in [0.5, 0.6) is 0 Å². The first-order valence-electron chi connectivity index (χ1n) is 5.21. The van der Waals surface area contributed by atoms with E-state index in [0.717, 1.165) is 12.8 Å². The second-order valence-corrected chi connectivity index (χ2v) is 4.51. The van der Waals surface area contributed by atoms with Crippen molar-refractivity contribution in [3.63, 3.8) is 0 Å². The van der Waals surface area contributed by atoms with E-state index in [2.05, 4.69) is 28.9 Å². The number of benzene rings is 1. The molecule has 0 aliphatic carbocycles. The Labute approximate surface area is 113 Å². The Morgan fingerprint density at radius 3 is 2.65 bits per heavy atom. The molecule has 1 rings (SSSR count). The molecule has 0 aliphatic heterocycles. The van der Waals surface area contributed by atoms with Crippen molar-refractivity contribution in [2.24, 2.45) is 0 Å². The van der Waals surface area contributed by atoms with Gasteiger partial charge >= 0.3 is 0 Å². The SMILES string of the molecule is CC(CCc1ccccc1)NN(C)SOF.S. The summed E-state index contributed by atoms with van der Waals surface area (Å²) in [5, 5.41) is 0. The van der Waals surface area contributed by atoms with Crippen molar-refractivity contribution in [1.82, 2.24) is 9.84 Å². The van der Waals surface area contributed by atoms with E-state index < -0.39 is 0 Å². The van der Waals surface area contributed by atoms with Gasteiger partial charge in [0.15, 0.2) is 0 Å². The predicted octanol–water partition coefficient (Wildman–Crippen LogP) is 3.02. The topological polar surface area (TPSA) is 24.5 Å². The van der Waals surface area contributed by atoms with Gasteiger partial charge in [0.05, 0.1) is 0 Å². The molecule has 0 radical (unpaired) electrons. The van der Waals surface area contributed by atoms with Crippen LogP contribution >= 0.6 is 25.7 Å². The van der Waals surface area contributed by atoms with Crippen LogP contribution in [0.1, 0.15) is 18.9 Å². The molecule has 0 saturated heterocycles. The van der Waals surface area contributed by atoms with Crippen LogP contribution in [0.3, 0.4) is 0 Å². The highest BCUT2D eigenvalue weighted by Crippen LogP contribution is 2.09. The van der Waals surface area contributed by atoms with E-state index >= 15 is 0 Å². The number of rotatable bonds is 7. The average molecular weight is 278 g/mol. The third kappa shape index (κ3) is 7.62. The molecule has 0 bridgehead atoms. The van der Waals surface area contributed by atoms with Crippen LogP contribution in [-0.4, -0.2) is 17.5 Å². The smallest absolute Gasteiger partial charge is 0.141 e. The van der Waals surface area contributed by atoms with Crippen LogP contribution in [0.4, 0.5) is 4.53 Å². The fourth-order valence-corrected chi connectivity index (χ4v) is 1.77. The van der Waals surface area contributed by atoms with Crippen molar-refractivity contribution in [2.45, 2.75) is 25.8 Å². The Balaban J connectivity index is 0.00000256. The van der Waals surface area contributed by atoms with Crippen LogP contribution in [0.15, 0.2) is 30.3 Å². The summed E-state index contributed by atoms with van der Waals surface area (Å²) in [6, 6.07) is 10.6. The maximum atomic E-state index is 11.5. The van der Waals surface area contributed by atoms with Gasteiger partial charge in [-0.3, -0.25) is 0 Å². The van der Waals surface area contributed by atoms with Gasteiger partial charge in [0.2, 0.25) is 0 Å². The second kappa shape index (κ2) is 9.73. The molecule has 0 heterocycles. The Morgan fingerprint density at radius 2 is 2.06 bits per heavy atom. The van der Waals surface area contributed by atoms with Gasteiger partial charge in [-0.2, -0.15) is 17.9 Å². The van der Waals surface area contributed by atoms with Crippen LogP contribution in [-0.2, 0) is 10.8 Å². The molecule has 1 aromatic carbocycles. The summed E-state index contributed by atoms with van der Waals surface area (Å²) in [7, 11) is 1.71. The first-order chi connectivity index (χ1) is 7.72. The number of nitrogens with one attached hydrogen (secondary N) is 1. The number of hydrogen-bond donors (Lipinski definition) is 1. The zero-order chi connectivity index (χ0) is 11.8. The highest BCUT2D eigenvalue weighted by atomic mass is 32.2. The number of hydrazine groups is 1. The molecule has 0 amide bonds. The summed E-state index contributed by atoms with van der Waals surface area (Å²) >= 11 is 0.637. The minimum Gasteiger partial charge on any atom is -0.241 e. The summed E-state index contributed by atoms with van der Waals surface area (Å²) in [6.45, 7) is 2.05. The first kappa shape index (κ1) is 16.7. The van der Waals surface area contributed by atoms with Crippen molar-refractivity contribution in [3.8, 4) is 0 Å². The quantitative estimate of drug-likeness (QED) is 0.471. The minimum atomic E-state index is 0. The molecule has 0 saturated carbocycles. The summed E-state index contributed by atoms with van der Waals surface area (Å²) in [5.74, 6) is 0. The third-order valence-electron chi connectivity index (χ3n) is 2.25. The fourth-order valence-electron chi connectivity index (χ4n) is 1.47. The standard InChI is InChI=1S/C11H17FN2OS.H2S/c1-10(13-14(2)16-15-12)8-9-11-6-4-3-5-7-11;/h3-7,10,13H,8-9H2,1-2H3;1H2. The lowest BCUT2D eigenvalue weighted by Gasteiger charge is -2.19. The maximum Gasteiger partial charge on any atom is 0.141 e. The Morgan fingerprint density at radius 1 is 1.41 bits per heavy atom. The molecule has 1 N–H and O–H groups in total. The maximum absolute atomic E-state index is 11.5. The molecular formula is C11H19FN2OS2. The summed E-state index contributed by atoms with van der Waals surface area (Å²) in [4.78, 5) is 0. The monoisotopic (exact) mass is 278 g/mol. The Kier molecular flexibility index (Phi) is 9.57. The summed E-state index contributed by atoms with van der Waals surface area (Å²) in [6.07, 6.45) is 1.99. The molecule has 0 spiro atoms. The van der Waals surface area contributed by atoms with Gasteiger partial charge < -0.3 is 0 Å². The number of aryl methyl sites for hydroxylation is 1. The second-order valence-electron chi connectivity index (χ2n) is 3.69. The van der Waals surface area contributed by atoms with E-state index in [4.69, 9.17) is 0 Å². The molecule has 1 atom stereocenters. The number of nitrogens with zero attached hydrogens (tertiary/aromatic N) is 1. The highest BCUT2D eigenvalue weighted by molar-refractivity contribution is 7.92. The molecular weight excluding hydrogens is 259 g/mol. The fraction of sp³-hybridized carbons (Fsp3) is 0.455. The molecule has 0 aliphatic rings. The Bertz CT molecular complexity index is 290. The molecule has 6 heteroatoms. The van der Waals surface area contributed by atoms with Gasteiger partial charge in [-0.25, -0.2) is 5.43 Å². The van der Waals surface area contributed by atoms with E-state index in [1.807, 2.05) is 18.2 Å². The number of hydrogen-bond acceptors (Lipinski definition) is 4. The summed E-state index contributed by atoms with van der Waals surface area (Å²) < 4.78 is 16.5.